The monoisotopic (exact) mass is 213 g/mol. The van der Waals surface area contributed by atoms with Crippen molar-refractivity contribution < 1.29 is 14.3 Å². The molecule has 4 heteroatoms. The van der Waals surface area contributed by atoms with Crippen LogP contribution in [0.25, 0.3) is 0 Å². The Morgan fingerprint density at radius 3 is 2.40 bits per heavy atom. The summed E-state index contributed by atoms with van der Waals surface area (Å²) < 4.78 is 4.73. The first-order valence-electron chi connectivity index (χ1n) is 5.01. The van der Waals surface area contributed by atoms with Crippen molar-refractivity contribution >= 4 is 11.9 Å². The molecule has 0 aliphatic carbocycles. The van der Waals surface area contributed by atoms with Crippen LogP contribution in [-0.4, -0.2) is 37.0 Å². The van der Waals surface area contributed by atoms with Gasteiger partial charge in [-0.05, 0) is 13.8 Å². The van der Waals surface area contributed by atoms with Crippen LogP contribution in [0.2, 0.25) is 0 Å². The molecule has 0 aliphatic rings. The number of ether oxygens (including phenoxy) is 1. The topological polar surface area (TPSA) is 46.6 Å². The number of esters is 1. The second-order valence-electron chi connectivity index (χ2n) is 3.51. The first-order valence-corrected chi connectivity index (χ1v) is 5.01. The van der Waals surface area contributed by atoms with Crippen LogP contribution in [0.4, 0.5) is 0 Å². The molecule has 0 aliphatic heterocycles. The van der Waals surface area contributed by atoms with Gasteiger partial charge in [0.15, 0.2) is 0 Å². The number of likely N-dealkylation sites (N-methyl/N-ethyl adjacent to an activating group) is 1. The van der Waals surface area contributed by atoms with Crippen LogP contribution in [0.1, 0.15) is 26.7 Å². The molecule has 0 unspecified atom stereocenters. The fourth-order valence-electron chi connectivity index (χ4n) is 1.13. The highest BCUT2D eigenvalue weighted by atomic mass is 16.5. The number of amides is 1. The molecule has 4 nitrogen and oxygen atoms in total. The largest absolute Gasteiger partial charge is 0.466 e. The second kappa shape index (κ2) is 7.04. The minimum Gasteiger partial charge on any atom is -0.466 e. The first-order chi connectivity index (χ1) is 6.97. The summed E-state index contributed by atoms with van der Waals surface area (Å²) in [5.74, 6) is -0.388. The van der Waals surface area contributed by atoms with Gasteiger partial charge in [-0.3, -0.25) is 9.59 Å². The van der Waals surface area contributed by atoms with E-state index in [-0.39, 0.29) is 24.7 Å². The third kappa shape index (κ3) is 6.71. The lowest BCUT2D eigenvalue weighted by atomic mass is 10.2. The van der Waals surface area contributed by atoms with Gasteiger partial charge in [-0.25, -0.2) is 0 Å². The molecule has 0 aromatic carbocycles. The molecule has 15 heavy (non-hydrogen) atoms. The number of nitrogens with zero attached hydrogens (tertiary/aromatic N) is 1. The number of rotatable bonds is 6. The molecular weight excluding hydrogens is 194 g/mol. The number of hydrogen-bond acceptors (Lipinski definition) is 3. The van der Waals surface area contributed by atoms with Gasteiger partial charge in [-0.15, -0.1) is 0 Å². The van der Waals surface area contributed by atoms with Gasteiger partial charge in [-0.2, -0.15) is 0 Å². The number of carbonyl (C=O) groups excluding carboxylic acids is 2. The molecule has 0 bridgehead atoms. The molecule has 0 aromatic heterocycles. The highest BCUT2D eigenvalue weighted by Crippen LogP contribution is 2.00. The Kier molecular flexibility index (Phi) is 6.42. The first kappa shape index (κ1) is 13.7. The van der Waals surface area contributed by atoms with Crippen LogP contribution in [0.3, 0.4) is 0 Å². The molecule has 0 atom stereocenters. The zero-order valence-electron chi connectivity index (χ0n) is 9.71. The van der Waals surface area contributed by atoms with Gasteiger partial charge in [-0.1, -0.05) is 12.2 Å². The fourth-order valence-corrected chi connectivity index (χ4v) is 1.13. The highest BCUT2D eigenvalue weighted by Gasteiger charge is 2.11. The van der Waals surface area contributed by atoms with E-state index in [1.54, 1.807) is 18.9 Å². The van der Waals surface area contributed by atoms with Gasteiger partial charge < -0.3 is 9.64 Å². The van der Waals surface area contributed by atoms with E-state index in [0.717, 1.165) is 5.57 Å². The van der Waals surface area contributed by atoms with E-state index in [2.05, 4.69) is 6.58 Å². The molecular formula is C11H19NO3. The maximum Gasteiger partial charge on any atom is 0.306 e. The van der Waals surface area contributed by atoms with Crippen LogP contribution in [0, 0.1) is 0 Å². The van der Waals surface area contributed by atoms with Gasteiger partial charge in [0.05, 0.1) is 13.0 Å². The summed E-state index contributed by atoms with van der Waals surface area (Å²) in [6, 6.07) is 0. The molecule has 0 saturated heterocycles. The molecule has 0 saturated carbocycles. The Balaban J connectivity index is 3.82. The van der Waals surface area contributed by atoms with Crippen LogP contribution in [0.15, 0.2) is 12.2 Å². The molecule has 0 rings (SSSR count). The third-order valence-corrected chi connectivity index (χ3v) is 1.78. The fraction of sp³-hybridized carbons (Fsp3) is 0.636. The van der Waals surface area contributed by atoms with E-state index in [1.807, 2.05) is 6.92 Å². The Bertz CT molecular complexity index is 248. The van der Waals surface area contributed by atoms with Gasteiger partial charge in [0.1, 0.15) is 0 Å². The van der Waals surface area contributed by atoms with Gasteiger partial charge in [0, 0.05) is 20.0 Å². The van der Waals surface area contributed by atoms with E-state index in [1.165, 1.54) is 0 Å². The van der Waals surface area contributed by atoms with Gasteiger partial charge >= 0.3 is 5.97 Å². The van der Waals surface area contributed by atoms with Crippen LogP contribution in [-0.2, 0) is 14.3 Å². The standard InChI is InChI=1S/C11H19NO3/c1-5-15-11(14)7-6-10(13)12(4)8-9(2)3/h2,5-8H2,1,3-4H3. The predicted octanol–water partition coefficient (Wildman–Crippen LogP) is 1.36. The quantitative estimate of drug-likeness (QED) is 0.494. The highest BCUT2D eigenvalue weighted by molar-refractivity contribution is 5.81. The van der Waals surface area contributed by atoms with Gasteiger partial charge in [0.2, 0.25) is 5.91 Å². The SMILES string of the molecule is C=C(C)CN(C)C(=O)CCC(=O)OCC. The summed E-state index contributed by atoms with van der Waals surface area (Å²) in [6.07, 6.45) is 0.343. The third-order valence-electron chi connectivity index (χ3n) is 1.78. The maximum atomic E-state index is 11.5. The molecule has 0 N–H and O–H groups in total. The zero-order valence-corrected chi connectivity index (χ0v) is 9.71. The predicted molar refractivity (Wildman–Crippen MR) is 58.3 cm³/mol. The summed E-state index contributed by atoms with van der Waals surface area (Å²) in [4.78, 5) is 24.0. The lowest BCUT2D eigenvalue weighted by Gasteiger charge is -2.16. The lowest BCUT2D eigenvalue weighted by Crippen LogP contribution is -2.28. The Labute approximate surface area is 90.9 Å². The normalized spacial score (nSPS) is 9.53. The average molecular weight is 213 g/mol. The Hall–Kier alpha value is -1.32. The molecule has 1 amide bonds. The van der Waals surface area contributed by atoms with E-state index < -0.39 is 0 Å². The smallest absolute Gasteiger partial charge is 0.306 e. The lowest BCUT2D eigenvalue weighted by molar-refractivity contribution is -0.145. The Morgan fingerprint density at radius 2 is 1.93 bits per heavy atom. The molecule has 0 spiro atoms. The van der Waals surface area contributed by atoms with E-state index >= 15 is 0 Å². The van der Waals surface area contributed by atoms with Crippen molar-refractivity contribution in [3.05, 3.63) is 12.2 Å². The average Bonchev–Trinajstić information content (AvgIpc) is 2.13. The maximum absolute atomic E-state index is 11.5. The van der Waals surface area contributed by atoms with Crippen molar-refractivity contribution in [2.45, 2.75) is 26.7 Å². The second-order valence-corrected chi connectivity index (χ2v) is 3.51. The molecule has 0 heterocycles. The summed E-state index contributed by atoms with van der Waals surface area (Å²) in [5, 5.41) is 0. The molecule has 0 aromatic rings. The summed E-state index contributed by atoms with van der Waals surface area (Å²) in [7, 11) is 1.70. The van der Waals surface area contributed by atoms with Crippen molar-refractivity contribution in [2.75, 3.05) is 20.2 Å². The van der Waals surface area contributed by atoms with Crippen molar-refractivity contribution in [1.29, 1.82) is 0 Å². The summed E-state index contributed by atoms with van der Waals surface area (Å²) in [6.45, 7) is 8.20. The van der Waals surface area contributed by atoms with E-state index in [0.29, 0.717) is 13.2 Å². The van der Waals surface area contributed by atoms with Crippen molar-refractivity contribution in [1.82, 2.24) is 4.90 Å². The molecule has 0 radical (unpaired) electrons. The zero-order chi connectivity index (χ0) is 11.8. The Morgan fingerprint density at radius 1 is 1.33 bits per heavy atom. The van der Waals surface area contributed by atoms with Crippen LogP contribution < -0.4 is 0 Å². The number of hydrogen-bond donors (Lipinski definition) is 0. The van der Waals surface area contributed by atoms with Crippen molar-refractivity contribution in [3.63, 3.8) is 0 Å². The number of carbonyl (C=O) groups is 2. The van der Waals surface area contributed by atoms with Crippen LogP contribution >= 0.6 is 0 Å². The summed E-state index contributed by atoms with van der Waals surface area (Å²) >= 11 is 0. The van der Waals surface area contributed by atoms with Gasteiger partial charge in [0.25, 0.3) is 0 Å². The summed E-state index contributed by atoms with van der Waals surface area (Å²) in [5.41, 5.74) is 0.919. The minimum absolute atomic E-state index is 0.0638. The molecule has 0 fully saturated rings. The van der Waals surface area contributed by atoms with E-state index in [9.17, 15) is 9.59 Å². The minimum atomic E-state index is -0.324. The van der Waals surface area contributed by atoms with Crippen molar-refractivity contribution in [2.24, 2.45) is 0 Å². The van der Waals surface area contributed by atoms with Crippen molar-refractivity contribution in [3.8, 4) is 0 Å². The van der Waals surface area contributed by atoms with E-state index in [4.69, 9.17) is 4.74 Å². The van der Waals surface area contributed by atoms with Crippen LogP contribution in [0.5, 0.6) is 0 Å². The molecule has 86 valence electrons.